The van der Waals surface area contributed by atoms with Crippen LogP contribution in [0.4, 0.5) is 0 Å². The zero-order chi connectivity index (χ0) is 16.5. The van der Waals surface area contributed by atoms with Crippen molar-refractivity contribution in [1.82, 2.24) is 14.9 Å². The molecule has 0 aliphatic rings. The fraction of sp³-hybridized carbons (Fsp3) is 0.111. The maximum absolute atomic E-state index is 12.7. The number of carbonyl (C=O) groups is 1. The molecule has 0 aromatic carbocycles. The number of hydrogen-bond acceptors (Lipinski definition) is 4. The SMILES string of the molecule is Cc1ccc(CNC(=O)c2sc3ncccc3c2-n2cccc2)o1. The lowest BCUT2D eigenvalue weighted by atomic mass is 10.2. The Hall–Kier alpha value is -2.86. The number of fused-ring (bicyclic) bond motifs is 1. The zero-order valence-electron chi connectivity index (χ0n) is 13.0. The Morgan fingerprint density at radius 2 is 2.08 bits per heavy atom. The van der Waals surface area contributed by atoms with Crippen LogP contribution in [0.5, 0.6) is 0 Å². The van der Waals surface area contributed by atoms with E-state index in [4.69, 9.17) is 4.42 Å². The van der Waals surface area contributed by atoms with Gasteiger partial charge >= 0.3 is 0 Å². The van der Waals surface area contributed by atoms with Crippen LogP contribution in [0, 0.1) is 6.92 Å². The number of furan rings is 1. The Balaban J connectivity index is 1.70. The van der Waals surface area contributed by atoms with E-state index >= 15 is 0 Å². The molecule has 4 aromatic rings. The summed E-state index contributed by atoms with van der Waals surface area (Å²) in [5.74, 6) is 1.44. The Morgan fingerprint density at radius 3 is 2.83 bits per heavy atom. The third-order valence-electron chi connectivity index (χ3n) is 3.73. The molecular formula is C18H15N3O2S. The first-order valence-electron chi connectivity index (χ1n) is 7.57. The minimum absolute atomic E-state index is 0.129. The van der Waals surface area contributed by atoms with E-state index in [0.29, 0.717) is 11.4 Å². The van der Waals surface area contributed by atoms with Gasteiger partial charge < -0.3 is 14.3 Å². The Bertz CT molecular complexity index is 999. The van der Waals surface area contributed by atoms with Crippen molar-refractivity contribution in [3.63, 3.8) is 0 Å². The molecule has 0 unspecified atom stereocenters. The molecule has 1 N–H and O–H groups in total. The van der Waals surface area contributed by atoms with Gasteiger partial charge in [-0.05, 0) is 43.3 Å². The Labute approximate surface area is 142 Å². The predicted molar refractivity (Wildman–Crippen MR) is 93.6 cm³/mol. The van der Waals surface area contributed by atoms with Gasteiger partial charge in [0.05, 0.1) is 12.2 Å². The fourth-order valence-corrected chi connectivity index (χ4v) is 3.70. The van der Waals surface area contributed by atoms with Crippen LogP contribution in [0.15, 0.2) is 59.4 Å². The third kappa shape index (κ3) is 2.61. The molecule has 0 spiro atoms. The van der Waals surface area contributed by atoms with Gasteiger partial charge in [0.15, 0.2) is 0 Å². The van der Waals surface area contributed by atoms with Crippen molar-refractivity contribution >= 4 is 27.5 Å². The number of rotatable bonds is 4. The molecule has 0 saturated heterocycles. The molecule has 120 valence electrons. The van der Waals surface area contributed by atoms with Crippen molar-refractivity contribution < 1.29 is 9.21 Å². The normalized spacial score (nSPS) is 11.0. The van der Waals surface area contributed by atoms with Gasteiger partial charge in [0.25, 0.3) is 5.91 Å². The minimum Gasteiger partial charge on any atom is -0.465 e. The maximum Gasteiger partial charge on any atom is 0.263 e. The second-order valence-electron chi connectivity index (χ2n) is 5.42. The van der Waals surface area contributed by atoms with Crippen LogP contribution in [-0.4, -0.2) is 15.5 Å². The summed E-state index contributed by atoms with van der Waals surface area (Å²) in [5.41, 5.74) is 0.862. The first-order valence-corrected chi connectivity index (χ1v) is 8.38. The van der Waals surface area contributed by atoms with Crippen LogP contribution in [0.3, 0.4) is 0 Å². The lowest BCUT2D eigenvalue weighted by Gasteiger charge is -2.06. The second-order valence-corrected chi connectivity index (χ2v) is 6.42. The van der Waals surface area contributed by atoms with Crippen LogP contribution >= 0.6 is 11.3 Å². The highest BCUT2D eigenvalue weighted by Crippen LogP contribution is 2.33. The topological polar surface area (TPSA) is 60.1 Å². The van der Waals surface area contributed by atoms with Gasteiger partial charge in [-0.2, -0.15) is 0 Å². The number of aryl methyl sites for hydroxylation is 1. The highest BCUT2D eigenvalue weighted by atomic mass is 32.1. The number of nitrogens with one attached hydrogen (secondary N) is 1. The van der Waals surface area contributed by atoms with Crippen molar-refractivity contribution in [1.29, 1.82) is 0 Å². The zero-order valence-corrected chi connectivity index (χ0v) is 13.8. The smallest absolute Gasteiger partial charge is 0.263 e. The summed E-state index contributed by atoms with van der Waals surface area (Å²) >= 11 is 1.40. The van der Waals surface area contributed by atoms with E-state index in [1.165, 1.54) is 11.3 Å². The average molecular weight is 337 g/mol. The molecule has 1 amide bonds. The fourth-order valence-electron chi connectivity index (χ4n) is 2.64. The number of carbonyl (C=O) groups excluding carboxylic acids is 1. The van der Waals surface area contributed by atoms with Crippen LogP contribution < -0.4 is 5.32 Å². The van der Waals surface area contributed by atoms with Crippen molar-refractivity contribution in [3.05, 3.63) is 71.4 Å². The average Bonchev–Trinajstić information content (AvgIpc) is 3.31. The van der Waals surface area contributed by atoms with E-state index in [0.717, 1.165) is 27.4 Å². The Kier molecular flexibility index (Phi) is 3.66. The van der Waals surface area contributed by atoms with E-state index in [9.17, 15) is 4.79 Å². The molecule has 0 saturated carbocycles. The van der Waals surface area contributed by atoms with Gasteiger partial charge in [0.2, 0.25) is 0 Å². The monoisotopic (exact) mass is 337 g/mol. The summed E-state index contributed by atoms with van der Waals surface area (Å²) < 4.78 is 7.45. The maximum atomic E-state index is 12.7. The molecule has 0 fully saturated rings. The molecule has 6 heteroatoms. The molecule has 24 heavy (non-hydrogen) atoms. The van der Waals surface area contributed by atoms with Gasteiger partial charge in [0.1, 0.15) is 21.2 Å². The van der Waals surface area contributed by atoms with Crippen molar-refractivity contribution in [3.8, 4) is 5.69 Å². The van der Waals surface area contributed by atoms with Crippen molar-refractivity contribution in [2.45, 2.75) is 13.5 Å². The molecule has 4 heterocycles. The first-order chi connectivity index (χ1) is 11.7. The van der Waals surface area contributed by atoms with E-state index in [2.05, 4.69) is 10.3 Å². The van der Waals surface area contributed by atoms with Crippen molar-refractivity contribution in [2.24, 2.45) is 0 Å². The van der Waals surface area contributed by atoms with Crippen LogP contribution in [0.2, 0.25) is 0 Å². The van der Waals surface area contributed by atoms with Gasteiger partial charge in [-0.25, -0.2) is 4.98 Å². The number of pyridine rings is 1. The molecule has 0 bridgehead atoms. The summed E-state index contributed by atoms with van der Waals surface area (Å²) in [6.45, 7) is 2.24. The summed E-state index contributed by atoms with van der Waals surface area (Å²) in [5, 5.41) is 3.90. The van der Waals surface area contributed by atoms with Gasteiger partial charge in [0, 0.05) is 24.0 Å². The van der Waals surface area contributed by atoms with Gasteiger partial charge in [-0.1, -0.05) is 0 Å². The second kappa shape index (κ2) is 5.98. The standard InChI is InChI=1S/C18H15N3O2S/c1-12-6-7-13(23-12)11-20-17(22)16-15(21-9-2-3-10-21)14-5-4-8-19-18(14)24-16/h2-10H,11H2,1H3,(H,20,22). The van der Waals surface area contributed by atoms with Gasteiger partial charge in [-0.15, -0.1) is 11.3 Å². The Morgan fingerprint density at radius 1 is 1.25 bits per heavy atom. The van der Waals surface area contributed by atoms with E-state index < -0.39 is 0 Å². The molecule has 0 aliphatic carbocycles. The predicted octanol–water partition coefficient (Wildman–Crippen LogP) is 3.92. The largest absolute Gasteiger partial charge is 0.465 e. The summed E-state index contributed by atoms with van der Waals surface area (Å²) in [7, 11) is 0. The molecule has 4 rings (SSSR count). The van der Waals surface area contributed by atoms with E-state index in [-0.39, 0.29) is 5.91 Å². The third-order valence-corrected chi connectivity index (χ3v) is 4.83. The lowest BCUT2D eigenvalue weighted by molar-refractivity contribution is 0.0952. The molecular weight excluding hydrogens is 322 g/mol. The number of nitrogens with zero attached hydrogens (tertiary/aromatic N) is 2. The molecule has 0 aliphatic heterocycles. The van der Waals surface area contributed by atoms with Crippen LogP contribution in [0.1, 0.15) is 21.2 Å². The summed E-state index contributed by atoms with van der Waals surface area (Å²) in [4.78, 5) is 18.6. The summed E-state index contributed by atoms with van der Waals surface area (Å²) in [6, 6.07) is 11.5. The quantitative estimate of drug-likeness (QED) is 0.614. The highest BCUT2D eigenvalue weighted by molar-refractivity contribution is 7.21. The number of aromatic nitrogens is 2. The van der Waals surface area contributed by atoms with Gasteiger partial charge in [-0.3, -0.25) is 4.79 Å². The molecule has 5 nitrogen and oxygen atoms in total. The number of hydrogen-bond donors (Lipinski definition) is 1. The van der Waals surface area contributed by atoms with Crippen molar-refractivity contribution in [2.75, 3.05) is 0 Å². The van der Waals surface area contributed by atoms with E-state index in [1.807, 2.05) is 60.3 Å². The molecule has 0 radical (unpaired) electrons. The van der Waals surface area contributed by atoms with Crippen LogP contribution in [0.25, 0.3) is 15.9 Å². The summed E-state index contributed by atoms with van der Waals surface area (Å²) in [6.07, 6.45) is 5.61. The number of thiophene rings is 1. The highest BCUT2D eigenvalue weighted by Gasteiger charge is 2.20. The minimum atomic E-state index is -0.129. The van der Waals surface area contributed by atoms with E-state index in [1.54, 1.807) is 6.20 Å². The molecule has 0 atom stereocenters. The first kappa shape index (κ1) is 14.7. The molecule has 4 aromatic heterocycles. The lowest BCUT2D eigenvalue weighted by Crippen LogP contribution is -2.22. The van der Waals surface area contributed by atoms with Crippen LogP contribution in [-0.2, 0) is 6.54 Å². The number of amides is 1.